The number of hydrogen-bond donors (Lipinski definition) is 2. The Kier molecular flexibility index (Phi) is 5.20. The summed E-state index contributed by atoms with van der Waals surface area (Å²) >= 11 is 0. The highest BCUT2D eigenvalue weighted by atomic mass is 16.4. The second-order valence-corrected chi connectivity index (χ2v) is 4.44. The molecule has 5 nitrogen and oxygen atoms in total. The van der Waals surface area contributed by atoms with Crippen LogP contribution < -0.4 is 0 Å². The van der Waals surface area contributed by atoms with Crippen LogP contribution in [0.1, 0.15) is 29.3 Å². The van der Waals surface area contributed by atoms with Crippen LogP contribution in [0.4, 0.5) is 0 Å². The maximum Gasteiger partial charge on any atom is 0.332 e. The zero-order valence-electron chi connectivity index (χ0n) is 11.3. The van der Waals surface area contributed by atoms with Crippen molar-refractivity contribution in [3.63, 3.8) is 0 Å². The first-order chi connectivity index (χ1) is 9.36. The maximum atomic E-state index is 12.1. The predicted molar refractivity (Wildman–Crippen MR) is 72.6 cm³/mol. The molecule has 5 heteroatoms. The number of hydrogen-bond acceptors (Lipinski definition) is 3. The molecule has 1 rings (SSSR count). The van der Waals surface area contributed by atoms with Crippen molar-refractivity contribution in [2.45, 2.75) is 20.3 Å². The summed E-state index contributed by atoms with van der Waals surface area (Å²) in [4.78, 5) is 34.3. The molecule has 2 N–H and O–H groups in total. The molecule has 0 radical (unpaired) electrons. The Labute approximate surface area is 116 Å². The van der Waals surface area contributed by atoms with Crippen LogP contribution in [-0.2, 0) is 9.59 Å². The van der Waals surface area contributed by atoms with Gasteiger partial charge >= 0.3 is 11.9 Å². The van der Waals surface area contributed by atoms with Gasteiger partial charge in [-0.1, -0.05) is 29.8 Å². The first-order valence-corrected chi connectivity index (χ1v) is 6.09. The zero-order valence-corrected chi connectivity index (χ0v) is 11.3. The van der Waals surface area contributed by atoms with Gasteiger partial charge < -0.3 is 10.2 Å². The summed E-state index contributed by atoms with van der Waals surface area (Å²) < 4.78 is 0. The number of Topliss-reactive ketones (excluding diaryl/α,β-unsaturated/α-hetero) is 1. The van der Waals surface area contributed by atoms with E-state index in [1.54, 1.807) is 18.2 Å². The average Bonchev–Trinajstić information content (AvgIpc) is 2.37. The minimum absolute atomic E-state index is 0.279. The Balaban J connectivity index is 3.00. The van der Waals surface area contributed by atoms with Gasteiger partial charge in [0.2, 0.25) is 0 Å². The van der Waals surface area contributed by atoms with Crippen molar-refractivity contribution in [2.75, 3.05) is 0 Å². The van der Waals surface area contributed by atoms with E-state index in [0.29, 0.717) is 5.56 Å². The highest BCUT2D eigenvalue weighted by Gasteiger charge is 2.29. The summed E-state index contributed by atoms with van der Waals surface area (Å²) in [7, 11) is 0. The molecule has 0 amide bonds. The molecule has 0 fully saturated rings. The SMILES string of the molecule is CC=C(C(=O)O)C(CC(=O)c1cccc(C)c1)C(=O)O. The monoisotopic (exact) mass is 276 g/mol. The van der Waals surface area contributed by atoms with Crippen LogP contribution in [0.5, 0.6) is 0 Å². The van der Waals surface area contributed by atoms with E-state index in [4.69, 9.17) is 10.2 Å². The third-order valence-electron chi connectivity index (χ3n) is 2.96. The molecule has 1 unspecified atom stereocenters. The van der Waals surface area contributed by atoms with E-state index < -0.39 is 17.9 Å². The Morgan fingerprint density at radius 2 is 1.90 bits per heavy atom. The molecular formula is C15H16O5. The summed E-state index contributed by atoms with van der Waals surface area (Å²) in [6.07, 6.45) is 0.843. The first kappa shape index (κ1) is 15.6. The van der Waals surface area contributed by atoms with E-state index in [-0.39, 0.29) is 17.8 Å². The fraction of sp³-hybridized carbons (Fsp3) is 0.267. The minimum Gasteiger partial charge on any atom is -0.481 e. The lowest BCUT2D eigenvalue weighted by Crippen LogP contribution is -2.24. The molecule has 0 heterocycles. The summed E-state index contributed by atoms with van der Waals surface area (Å²) in [5, 5.41) is 18.1. The number of rotatable bonds is 6. The largest absolute Gasteiger partial charge is 0.481 e. The van der Waals surface area contributed by atoms with E-state index in [1.165, 1.54) is 13.0 Å². The van der Waals surface area contributed by atoms with Crippen LogP contribution in [0.3, 0.4) is 0 Å². The van der Waals surface area contributed by atoms with Crippen molar-refractivity contribution in [1.82, 2.24) is 0 Å². The van der Waals surface area contributed by atoms with Gasteiger partial charge in [0.15, 0.2) is 5.78 Å². The second-order valence-electron chi connectivity index (χ2n) is 4.44. The predicted octanol–water partition coefficient (Wildman–Crippen LogP) is 2.30. The Bertz CT molecular complexity index is 571. The molecule has 0 saturated heterocycles. The van der Waals surface area contributed by atoms with Gasteiger partial charge in [0.05, 0.1) is 5.92 Å². The van der Waals surface area contributed by atoms with Crippen molar-refractivity contribution >= 4 is 17.7 Å². The molecule has 1 atom stereocenters. The van der Waals surface area contributed by atoms with Gasteiger partial charge in [0.25, 0.3) is 0 Å². The van der Waals surface area contributed by atoms with Crippen LogP contribution in [0.25, 0.3) is 0 Å². The lowest BCUT2D eigenvalue weighted by atomic mass is 9.91. The lowest BCUT2D eigenvalue weighted by Gasteiger charge is -2.12. The van der Waals surface area contributed by atoms with Gasteiger partial charge in [0.1, 0.15) is 0 Å². The quantitative estimate of drug-likeness (QED) is 0.614. The van der Waals surface area contributed by atoms with Crippen LogP contribution in [0.2, 0.25) is 0 Å². The number of carbonyl (C=O) groups excluding carboxylic acids is 1. The van der Waals surface area contributed by atoms with Crippen molar-refractivity contribution in [3.8, 4) is 0 Å². The number of aryl methyl sites for hydroxylation is 1. The molecule has 1 aromatic rings. The molecule has 0 aliphatic carbocycles. The molecule has 0 bridgehead atoms. The number of allylic oxidation sites excluding steroid dienone is 1. The normalized spacial score (nSPS) is 12.8. The standard InChI is InChI=1S/C15H16O5/c1-3-11(14(17)18)12(15(19)20)8-13(16)10-6-4-5-9(2)7-10/h3-7,12H,8H2,1-2H3,(H,17,18)(H,19,20). The van der Waals surface area contributed by atoms with Gasteiger partial charge in [-0.2, -0.15) is 0 Å². The number of aliphatic carboxylic acids is 2. The second kappa shape index (κ2) is 6.65. The zero-order chi connectivity index (χ0) is 15.3. The van der Waals surface area contributed by atoms with E-state index >= 15 is 0 Å². The fourth-order valence-corrected chi connectivity index (χ4v) is 1.93. The van der Waals surface area contributed by atoms with Gasteiger partial charge in [-0.25, -0.2) is 4.79 Å². The van der Waals surface area contributed by atoms with Gasteiger partial charge in [-0.3, -0.25) is 9.59 Å². The molecule has 1 aromatic carbocycles. The summed E-state index contributed by atoms with van der Waals surface area (Å²) in [6, 6.07) is 6.76. The minimum atomic E-state index is -1.34. The fourth-order valence-electron chi connectivity index (χ4n) is 1.93. The molecule has 106 valence electrons. The van der Waals surface area contributed by atoms with Crippen LogP contribution >= 0.6 is 0 Å². The molecule has 0 aliphatic rings. The van der Waals surface area contributed by atoms with Crippen LogP contribution in [-0.4, -0.2) is 27.9 Å². The molecular weight excluding hydrogens is 260 g/mol. The summed E-state index contributed by atoms with van der Waals surface area (Å²) in [5.41, 5.74) is 0.989. The Morgan fingerprint density at radius 1 is 1.25 bits per heavy atom. The third-order valence-corrected chi connectivity index (χ3v) is 2.96. The summed E-state index contributed by atoms with van der Waals surface area (Å²) in [5.74, 6) is -4.37. The van der Waals surface area contributed by atoms with Crippen LogP contribution in [0.15, 0.2) is 35.9 Å². The van der Waals surface area contributed by atoms with Crippen molar-refractivity contribution < 1.29 is 24.6 Å². The van der Waals surface area contributed by atoms with E-state index in [1.807, 2.05) is 13.0 Å². The van der Waals surface area contributed by atoms with E-state index in [0.717, 1.165) is 5.56 Å². The summed E-state index contributed by atoms with van der Waals surface area (Å²) in [6.45, 7) is 3.26. The van der Waals surface area contributed by atoms with Crippen molar-refractivity contribution in [1.29, 1.82) is 0 Å². The van der Waals surface area contributed by atoms with Gasteiger partial charge in [-0.05, 0) is 19.9 Å². The highest BCUT2D eigenvalue weighted by molar-refractivity contribution is 6.01. The van der Waals surface area contributed by atoms with Crippen molar-refractivity contribution in [2.24, 2.45) is 5.92 Å². The highest BCUT2D eigenvalue weighted by Crippen LogP contribution is 2.19. The molecule has 20 heavy (non-hydrogen) atoms. The first-order valence-electron chi connectivity index (χ1n) is 6.09. The Morgan fingerprint density at radius 3 is 2.35 bits per heavy atom. The van der Waals surface area contributed by atoms with E-state index in [9.17, 15) is 14.4 Å². The topological polar surface area (TPSA) is 91.7 Å². The molecule has 0 saturated carbocycles. The third kappa shape index (κ3) is 3.78. The number of carboxylic acids is 2. The lowest BCUT2D eigenvalue weighted by molar-refractivity contribution is -0.143. The average molecular weight is 276 g/mol. The van der Waals surface area contributed by atoms with Gasteiger partial charge in [0, 0.05) is 17.6 Å². The number of carbonyl (C=O) groups is 3. The molecule has 0 spiro atoms. The number of benzene rings is 1. The number of ketones is 1. The molecule has 0 aromatic heterocycles. The number of carboxylic acid groups (broad SMARTS) is 2. The van der Waals surface area contributed by atoms with Gasteiger partial charge in [-0.15, -0.1) is 0 Å². The maximum absolute atomic E-state index is 12.1. The Hall–Kier alpha value is -2.43. The van der Waals surface area contributed by atoms with Crippen molar-refractivity contribution in [3.05, 3.63) is 47.0 Å². The molecule has 0 aliphatic heterocycles. The van der Waals surface area contributed by atoms with Crippen LogP contribution in [0, 0.1) is 12.8 Å². The van der Waals surface area contributed by atoms with E-state index in [2.05, 4.69) is 0 Å². The smallest absolute Gasteiger partial charge is 0.332 e.